The Morgan fingerprint density at radius 1 is 1.42 bits per heavy atom. The molecule has 19 heavy (non-hydrogen) atoms. The summed E-state index contributed by atoms with van der Waals surface area (Å²) in [4.78, 5) is 16.4. The minimum atomic E-state index is -0.545. The minimum Gasteiger partial charge on any atom is -0.396 e. The second-order valence-electron chi connectivity index (χ2n) is 5.32. The van der Waals surface area contributed by atoms with Crippen LogP contribution in [0.2, 0.25) is 0 Å². The quantitative estimate of drug-likeness (QED) is 0.916. The molecule has 1 N–H and O–H groups in total. The van der Waals surface area contributed by atoms with Crippen molar-refractivity contribution in [1.82, 2.24) is 9.55 Å². The predicted octanol–water partition coefficient (Wildman–Crippen LogP) is 1.70. The molecule has 1 saturated carbocycles. The molecule has 0 atom stereocenters. The monoisotopic (exact) mass is 262 g/mol. The van der Waals surface area contributed by atoms with Gasteiger partial charge in [0.1, 0.15) is 11.2 Å². The number of hydrogen-bond acceptors (Lipinski definition) is 3. The highest BCUT2D eigenvalue weighted by Gasteiger charge is 2.37. The molecule has 1 aromatic carbocycles. The summed E-state index contributed by atoms with van der Waals surface area (Å²) in [6, 6.07) is 4.42. The van der Waals surface area contributed by atoms with Gasteiger partial charge in [-0.15, -0.1) is 0 Å². The van der Waals surface area contributed by atoms with Crippen LogP contribution in [0.5, 0.6) is 0 Å². The molecule has 1 heterocycles. The summed E-state index contributed by atoms with van der Waals surface area (Å²) >= 11 is 0. The predicted molar refractivity (Wildman–Crippen MR) is 69.3 cm³/mol. The normalized spacial score (nSPS) is 17.4. The maximum absolute atomic E-state index is 13.7. The molecule has 3 rings (SSSR count). The molecule has 2 aromatic rings. The highest BCUT2D eigenvalue weighted by Crippen LogP contribution is 2.41. The fourth-order valence-corrected chi connectivity index (χ4v) is 2.68. The van der Waals surface area contributed by atoms with Crippen molar-refractivity contribution in [3.8, 4) is 0 Å². The van der Waals surface area contributed by atoms with Gasteiger partial charge in [-0.3, -0.25) is 9.36 Å². The number of fused-ring (bicyclic) bond motifs is 1. The van der Waals surface area contributed by atoms with E-state index in [1.165, 1.54) is 23.0 Å². The smallest absolute Gasteiger partial charge is 0.264 e. The summed E-state index contributed by atoms with van der Waals surface area (Å²) in [6.45, 7) is 0.453. The Bertz CT molecular complexity index is 671. The fourth-order valence-electron chi connectivity index (χ4n) is 2.68. The number of aliphatic hydroxyl groups is 1. The van der Waals surface area contributed by atoms with Crippen LogP contribution in [0.1, 0.15) is 19.3 Å². The number of halogens is 1. The summed E-state index contributed by atoms with van der Waals surface area (Å²) in [5, 5.41) is 9.47. The third-order valence-corrected chi connectivity index (χ3v) is 4.06. The van der Waals surface area contributed by atoms with E-state index in [1.54, 1.807) is 6.07 Å². The van der Waals surface area contributed by atoms with Crippen LogP contribution in [0.4, 0.5) is 4.39 Å². The summed E-state index contributed by atoms with van der Waals surface area (Å²) < 4.78 is 15.2. The van der Waals surface area contributed by atoms with Crippen molar-refractivity contribution < 1.29 is 9.50 Å². The Morgan fingerprint density at radius 2 is 2.21 bits per heavy atom. The molecule has 0 aliphatic heterocycles. The Balaban J connectivity index is 2.08. The third kappa shape index (κ3) is 1.94. The summed E-state index contributed by atoms with van der Waals surface area (Å²) in [5.41, 5.74) is -0.236. The highest BCUT2D eigenvalue weighted by atomic mass is 19.1. The second kappa shape index (κ2) is 4.42. The topological polar surface area (TPSA) is 55.1 Å². The van der Waals surface area contributed by atoms with Crippen molar-refractivity contribution in [3.63, 3.8) is 0 Å². The van der Waals surface area contributed by atoms with Gasteiger partial charge in [-0.05, 0) is 25.0 Å². The molecular weight excluding hydrogens is 247 g/mol. The third-order valence-electron chi connectivity index (χ3n) is 4.06. The van der Waals surface area contributed by atoms with Crippen molar-refractivity contribution in [2.24, 2.45) is 5.41 Å². The van der Waals surface area contributed by atoms with E-state index in [-0.39, 0.29) is 23.0 Å². The molecule has 4 nitrogen and oxygen atoms in total. The number of hydrogen-bond donors (Lipinski definition) is 1. The lowest BCUT2D eigenvalue weighted by Crippen LogP contribution is -2.40. The first kappa shape index (κ1) is 12.3. The Labute approximate surface area is 109 Å². The molecule has 1 aromatic heterocycles. The maximum Gasteiger partial charge on any atom is 0.264 e. The Kier molecular flexibility index (Phi) is 2.86. The molecule has 1 fully saturated rings. The zero-order valence-electron chi connectivity index (χ0n) is 10.5. The lowest BCUT2D eigenvalue weighted by molar-refractivity contribution is 0.0265. The molecule has 0 unspecified atom stereocenters. The number of nitrogens with zero attached hydrogens (tertiary/aromatic N) is 2. The molecule has 1 aliphatic rings. The van der Waals surface area contributed by atoms with E-state index in [0.717, 1.165) is 19.3 Å². The number of benzene rings is 1. The van der Waals surface area contributed by atoms with Crippen LogP contribution in [-0.4, -0.2) is 21.3 Å². The van der Waals surface area contributed by atoms with E-state index in [0.29, 0.717) is 12.1 Å². The average molecular weight is 262 g/mol. The Hall–Kier alpha value is -1.75. The molecule has 1 aliphatic carbocycles. The largest absolute Gasteiger partial charge is 0.396 e. The second-order valence-corrected chi connectivity index (χ2v) is 5.32. The van der Waals surface area contributed by atoms with Crippen LogP contribution in [0, 0.1) is 11.2 Å². The SMILES string of the molecule is O=c1c2c(F)cccc2ncn1CC1(CO)CCC1. The van der Waals surface area contributed by atoms with E-state index in [1.807, 2.05) is 0 Å². The van der Waals surface area contributed by atoms with Gasteiger partial charge in [0.15, 0.2) is 0 Å². The van der Waals surface area contributed by atoms with Crippen LogP contribution in [0.15, 0.2) is 29.3 Å². The van der Waals surface area contributed by atoms with E-state index >= 15 is 0 Å². The zero-order valence-corrected chi connectivity index (χ0v) is 10.5. The number of rotatable bonds is 3. The van der Waals surface area contributed by atoms with Gasteiger partial charge in [0.05, 0.1) is 18.5 Å². The lowest BCUT2D eigenvalue weighted by Gasteiger charge is -2.40. The molecular formula is C14H15FN2O2. The van der Waals surface area contributed by atoms with Crippen molar-refractivity contribution in [2.75, 3.05) is 6.61 Å². The van der Waals surface area contributed by atoms with E-state index in [9.17, 15) is 14.3 Å². The van der Waals surface area contributed by atoms with Gasteiger partial charge in [-0.25, -0.2) is 9.37 Å². The van der Waals surface area contributed by atoms with Gasteiger partial charge >= 0.3 is 0 Å². The lowest BCUT2D eigenvalue weighted by atomic mass is 9.69. The van der Waals surface area contributed by atoms with E-state index in [4.69, 9.17) is 0 Å². The molecule has 5 heteroatoms. The van der Waals surface area contributed by atoms with Crippen LogP contribution in [0.25, 0.3) is 10.9 Å². The van der Waals surface area contributed by atoms with E-state index < -0.39 is 5.82 Å². The van der Waals surface area contributed by atoms with Crippen LogP contribution in [0.3, 0.4) is 0 Å². The summed E-state index contributed by atoms with van der Waals surface area (Å²) in [5.74, 6) is -0.545. The van der Waals surface area contributed by atoms with Gasteiger partial charge in [-0.2, -0.15) is 0 Å². The summed E-state index contributed by atoms with van der Waals surface area (Å²) in [7, 11) is 0. The molecule has 0 radical (unpaired) electrons. The molecule has 0 amide bonds. The van der Waals surface area contributed by atoms with Crippen molar-refractivity contribution >= 4 is 10.9 Å². The first-order chi connectivity index (χ1) is 9.15. The number of aromatic nitrogens is 2. The first-order valence-electron chi connectivity index (χ1n) is 6.40. The van der Waals surface area contributed by atoms with Gasteiger partial charge in [-0.1, -0.05) is 12.5 Å². The number of aliphatic hydroxyl groups excluding tert-OH is 1. The first-order valence-corrected chi connectivity index (χ1v) is 6.40. The molecule has 0 saturated heterocycles. The van der Waals surface area contributed by atoms with E-state index in [2.05, 4.69) is 4.98 Å². The van der Waals surface area contributed by atoms with Crippen LogP contribution < -0.4 is 5.56 Å². The van der Waals surface area contributed by atoms with Crippen molar-refractivity contribution in [2.45, 2.75) is 25.8 Å². The molecule has 0 spiro atoms. The molecule has 100 valence electrons. The van der Waals surface area contributed by atoms with Gasteiger partial charge in [0, 0.05) is 12.0 Å². The summed E-state index contributed by atoms with van der Waals surface area (Å²) in [6.07, 6.45) is 4.29. The van der Waals surface area contributed by atoms with Gasteiger partial charge < -0.3 is 5.11 Å². The van der Waals surface area contributed by atoms with Crippen LogP contribution in [-0.2, 0) is 6.54 Å². The fraction of sp³-hybridized carbons (Fsp3) is 0.429. The van der Waals surface area contributed by atoms with Crippen molar-refractivity contribution in [3.05, 3.63) is 40.7 Å². The van der Waals surface area contributed by atoms with Gasteiger partial charge in [0.2, 0.25) is 0 Å². The highest BCUT2D eigenvalue weighted by molar-refractivity contribution is 5.77. The average Bonchev–Trinajstić information content (AvgIpc) is 2.36. The standard InChI is InChI=1S/C14H15FN2O2/c15-10-3-1-4-11-12(10)13(19)17(9-16-11)7-14(8-18)5-2-6-14/h1,3-4,9,18H,2,5-8H2. The van der Waals surface area contributed by atoms with Crippen molar-refractivity contribution in [1.29, 1.82) is 0 Å². The van der Waals surface area contributed by atoms with Crippen LogP contribution >= 0.6 is 0 Å². The zero-order chi connectivity index (χ0) is 13.5. The Morgan fingerprint density at radius 3 is 2.84 bits per heavy atom. The maximum atomic E-state index is 13.7. The molecule has 0 bridgehead atoms. The van der Waals surface area contributed by atoms with Gasteiger partial charge in [0.25, 0.3) is 5.56 Å². The minimum absolute atomic E-state index is 0.0254.